The Hall–Kier alpha value is -1.20. The van der Waals surface area contributed by atoms with Crippen LogP contribution in [0.15, 0.2) is 6.07 Å². The Morgan fingerprint density at radius 2 is 2.40 bits per heavy atom. The lowest BCUT2D eigenvalue weighted by Gasteiger charge is -2.21. The second-order valence-corrected chi connectivity index (χ2v) is 6.18. The van der Waals surface area contributed by atoms with E-state index in [4.69, 9.17) is 27.7 Å². The van der Waals surface area contributed by atoms with Crippen LogP contribution in [0.25, 0.3) is 0 Å². The number of ether oxygens (including phenoxy) is 1. The van der Waals surface area contributed by atoms with Crippen molar-refractivity contribution in [3.8, 4) is 0 Å². The Balaban J connectivity index is 1.90. The number of pyridine rings is 1. The summed E-state index contributed by atoms with van der Waals surface area (Å²) in [5.74, 6) is 1.56. The van der Waals surface area contributed by atoms with Crippen LogP contribution in [0.2, 0.25) is 0 Å². The number of aryl methyl sites for hydroxylation is 2. The number of hydrogen-bond donors (Lipinski definition) is 1. The van der Waals surface area contributed by atoms with Gasteiger partial charge in [-0.15, -0.1) is 0 Å². The van der Waals surface area contributed by atoms with Gasteiger partial charge in [0, 0.05) is 31.8 Å². The van der Waals surface area contributed by atoms with E-state index in [9.17, 15) is 0 Å². The minimum absolute atomic E-state index is 0.456. The summed E-state index contributed by atoms with van der Waals surface area (Å²) >= 11 is 5.22. The van der Waals surface area contributed by atoms with Gasteiger partial charge in [0.15, 0.2) is 0 Å². The highest BCUT2D eigenvalue weighted by atomic mass is 32.1. The fourth-order valence-electron chi connectivity index (χ4n) is 3.28. The largest absolute Gasteiger partial charge is 0.389 e. The van der Waals surface area contributed by atoms with Crippen molar-refractivity contribution >= 4 is 23.0 Å². The molecule has 1 atom stereocenters. The van der Waals surface area contributed by atoms with Gasteiger partial charge in [0.2, 0.25) is 0 Å². The van der Waals surface area contributed by atoms with Crippen LogP contribution in [-0.2, 0) is 17.6 Å². The van der Waals surface area contributed by atoms with Crippen molar-refractivity contribution in [2.24, 2.45) is 11.7 Å². The highest BCUT2D eigenvalue weighted by Crippen LogP contribution is 2.30. The molecular formula is C15H21N3OS. The normalized spacial score (nSPS) is 21.2. The van der Waals surface area contributed by atoms with Crippen LogP contribution < -0.4 is 10.6 Å². The zero-order valence-electron chi connectivity index (χ0n) is 11.9. The first-order valence-corrected chi connectivity index (χ1v) is 7.66. The van der Waals surface area contributed by atoms with Crippen LogP contribution >= 0.6 is 12.2 Å². The number of nitrogens with zero attached hydrogens (tertiary/aromatic N) is 2. The first kappa shape index (κ1) is 13.8. The van der Waals surface area contributed by atoms with Crippen LogP contribution in [0.1, 0.15) is 29.7 Å². The second kappa shape index (κ2) is 5.66. The van der Waals surface area contributed by atoms with Gasteiger partial charge in [0.1, 0.15) is 10.8 Å². The Bertz CT molecular complexity index is 532. The zero-order chi connectivity index (χ0) is 14.1. The molecule has 0 spiro atoms. The standard InChI is InChI=1S/C15H21N3OS/c1-19-9-10-5-6-18(8-10)15-12(14(16)20)7-11-3-2-4-13(11)17-15/h7,10H,2-6,8-9H2,1H3,(H2,16,20). The molecule has 0 aromatic carbocycles. The maximum Gasteiger partial charge on any atom is 0.139 e. The van der Waals surface area contributed by atoms with Crippen LogP contribution in [-0.4, -0.2) is 36.8 Å². The van der Waals surface area contributed by atoms with E-state index < -0.39 is 0 Å². The average Bonchev–Trinajstić information content (AvgIpc) is 3.05. The van der Waals surface area contributed by atoms with E-state index in [-0.39, 0.29) is 0 Å². The molecule has 1 fully saturated rings. The summed E-state index contributed by atoms with van der Waals surface area (Å²) in [6, 6.07) is 2.16. The molecule has 0 saturated carbocycles. The number of rotatable bonds is 4. The molecule has 0 amide bonds. The molecule has 1 aromatic heterocycles. The van der Waals surface area contributed by atoms with Crippen molar-refractivity contribution in [2.45, 2.75) is 25.7 Å². The molecule has 0 radical (unpaired) electrons. The van der Waals surface area contributed by atoms with Gasteiger partial charge in [0.25, 0.3) is 0 Å². The van der Waals surface area contributed by atoms with Gasteiger partial charge in [-0.05, 0) is 37.3 Å². The van der Waals surface area contributed by atoms with E-state index in [1.165, 1.54) is 17.7 Å². The monoisotopic (exact) mass is 291 g/mol. The summed E-state index contributed by atoms with van der Waals surface area (Å²) in [6.07, 6.45) is 4.51. The number of aromatic nitrogens is 1. The smallest absolute Gasteiger partial charge is 0.139 e. The summed E-state index contributed by atoms with van der Waals surface area (Å²) < 4.78 is 5.26. The number of thiocarbonyl (C=S) groups is 1. The SMILES string of the molecule is COCC1CCN(c2nc3c(cc2C(N)=S)CCC3)C1. The number of hydrogen-bond acceptors (Lipinski definition) is 4. The number of nitrogens with two attached hydrogens (primary N) is 1. The molecule has 108 valence electrons. The minimum Gasteiger partial charge on any atom is -0.389 e. The lowest BCUT2D eigenvalue weighted by Crippen LogP contribution is -2.26. The molecular weight excluding hydrogens is 270 g/mol. The van der Waals surface area contributed by atoms with E-state index in [1.807, 2.05) is 0 Å². The highest BCUT2D eigenvalue weighted by Gasteiger charge is 2.27. The van der Waals surface area contributed by atoms with Gasteiger partial charge >= 0.3 is 0 Å². The molecule has 2 heterocycles. The average molecular weight is 291 g/mol. The van der Waals surface area contributed by atoms with E-state index in [0.717, 1.165) is 50.3 Å². The molecule has 2 aliphatic rings. The third-order valence-electron chi connectivity index (χ3n) is 4.28. The molecule has 2 N–H and O–H groups in total. The van der Waals surface area contributed by atoms with Crippen LogP contribution in [0, 0.1) is 5.92 Å². The molecule has 0 bridgehead atoms. The third-order valence-corrected chi connectivity index (χ3v) is 4.50. The zero-order valence-corrected chi connectivity index (χ0v) is 12.7. The van der Waals surface area contributed by atoms with Gasteiger partial charge in [-0.1, -0.05) is 12.2 Å². The van der Waals surface area contributed by atoms with E-state index >= 15 is 0 Å². The van der Waals surface area contributed by atoms with Crippen molar-refractivity contribution in [2.75, 3.05) is 31.7 Å². The van der Waals surface area contributed by atoms with E-state index in [1.54, 1.807) is 7.11 Å². The topological polar surface area (TPSA) is 51.4 Å². The molecule has 5 heteroatoms. The summed E-state index contributed by atoms with van der Waals surface area (Å²) in [6.45, 7) is 2.80. The second-order valence-electron chi connectivity index (χ2n) is 5.74. The molecule has 3 rings (SSSR count). The van der Waals surface area contributed by atoms with Gasteiger partial charge in [0.05, 0.1) is 12.2 Å². The quantitative estimate of drug-likeness (QED) is 0.855. The maximum absolute atomic E-state index is 5.91. The van der Waals surface area contributed by atoms with E-state index in [2.05, 4.69) is 11.0 Å². The molecule has 20 heavy (non-hydrogen) atoms. The molecule has 4 nitrogen and oxygen atoms in total. The van der Waals surface area contributed by atoms with E-state index in [0.29, 0.717) is 10.9 Å². The number of anilines is 1. The number of fused-ring (bicyclic) bond motifs is 1. The predicted molar refractivity (Wildman–Crippen MR) is 84.3 cm³/mol. The van der Waals surface area contributed by atoms with Crippen molar-refractivity contribution in [1.29, 1.82) is 0 Å². The predicted octanol–water partition coefficient (Wildman–Crippen LogP) is 1.68. The van der Waals surface area contributed by atoms with Crippen molar-refractivity contribution in [1.82, 2.24) is 4.98 Å². The molecule has 1 saturated heterocycles. The molecule has 1 aliphatic heterocycles. The molecule has 1 aliphatic carbocycles. The fourth-order valence-corrected chi connectivity index (χ4v) is 3.43. The van der Waals surface area contributed by atoms with Gasteiger partial charge in [-0.25, -0.2) is 4.98 Å². The fraction of sp³-hybridized carbons (Fsp3) is 0.600. The molecule has 1 aromatic rings. The van der Waals surface area contributed by atoms with Crippen LogP contribution in [0.4, 0.5) is 5.82 Å². The first-order valence-electron chi connectivity index (χ1n) is 7.25. The minimum atomic E-state index is 0.456. The van der Waals surface area contributed by atoms with Crippen LogP contribution in [0.5, 0.6) is 0 Å². The highest BCUT2D eigenvalue weighted by molar-refractivity contribution is 7.80. The van der Waals surface area contributed by atoms with Crippen molar-refractivity contribution < 1.29 is 4.74 Å². The summed E-state index contributed by atoms with van der Waals surface area (Å²) in [4.78, 5) is 7.64. The maximum atomic E-state index is 5.91. The Kier molecular flexibility index (Phi) is 3.89. The summed E-state index contributed by atoms with van der Waals surface area (Å²) in [5, 5.41) is 0. The van der Waals surface area contributed by atoms with Gasteiger partial charge < -0.3 is 15.4 Å². The van der Waals surface area contributed by atoms with Gasteiger partial charge in [-0.2, -0.15) is 0 Å². The summed E-state index contributed by atoms with van der Waals surface area (Å²) in [7, 11) is 1.76. The van der Waals surface area contributed by atoms with Crippen LogP contribution in [0.3, 0.4) is 0 Å². The van der Waals surface area contributed by atoms with Gasteiger partial charge in [-0.3, -0.25) is 0 Å². The lowest BCUT2D eigenvalue weighted by atomic mass is 10.1. The lowest BCUT2D eigenvalue weighted by molar-refractivity contribution is 0.161. The van der Waals surface area contributed by atoms with Crippen molar-refractivity contribution in [3.63, 3.8) is 0 Å². The Morgan fingerprint density at radius 3 is 3.15 bits per heavy atom. The molecule has 1 unspecified atom stereocenters. The summed E-state index contributed by atoms with van der Waals surface area (Å²) in [5.41, 5.74) is 9.41. The Labute approximate surface area is 125 Å². The number of methoxy groups -OCH3 is 1. The third kappa shape index (κ3) is 2.52. The van der Waals surface area contributed by atoms with Crippen molar-refractivity contribution in [3.05, 3.63) is 22.9 Å². The first-order chi connectivity index (χ1) is 9.69. The Morgan fingerprint density at radius 1 is 1.55 bits per heavy atom.